The van der Waals surface area contributed by atoms with Gasteiger partial charge in [-0.2, -0.15) is 11.8 Å². The maximum atomic E-state index is 12.1. The largest absolute Gasteiger partial charge is 0.351 e. The van der Waals surface area contributed by atoms with E-state index in [1.807, 2.05) is 0 Å². The van der Waals surface area contributed by atoms with Crippen LogP contribution in [0.15, 0.2) is 42.5 Å². The molecule has 0 spiro atoms. The Balaban J connectivity index is 1.77. The second kappa shape index (κ2) is 9.50. The summed E-state index contributed by atoms with van der Waals surface area (Å²) >= 11 is 13.9. The lowest BCUT2D eigenvalue weighted by molar-refractivity contribution is 0.0956. The number of thioether (sulfide) groups is 1. The summed E-state index contributed by atoms with van der Waals surface area (Å²) in [5.74, 6) is 1.16. The Bertz CT molecular complexity index is 852. The standard InChI is InChI=1S/C17H18Cl2N2O3S2/c1-26(23,24)21-13-7-5-12(6-8-13)17(22)20-9-10-25-11-14-15(18)3-2-4-16(14)19/h2-8,21H,9-11H2,1H3,(H,20,22). The summed E-state index contributed by atoms with van der Waals surface area (Å²) in [6.45, 7) is 0.495. The number of halogens is 2. The van der Waals surface area contributed by atoms with Gasteiger partial charge in [-0.1, -0.05) is 29.3 Å². The SMILES string of the molecule is CS(=O)(=O)Nc1ccc(C(=O)NCCSCc2c(Cl)cccc2Cl)cc1. The number of carbonyl (C=O) groups excluding carboxylic acids is 1. The van der Waals surface area contributed by atoms with E-state index in [1.165, 1.54) is 0 Å². The number of rotatable bonds is 8. The molecule has 0 aliphatic rings. The van der Waals surface area contributed by atoms with Gasteiger partial charge in [0.1, 0.15) is 0 Å². The Labute approximate surface area is 167 Å². The molecule has 2 aromatic carbocycles. The van der Waals surface area contributed by atoms with E-state index in [0.29, 0.717) is 39.3 Å². The van der Waals surface area contributed by atoms with Gasteiger partial charge in [-0.25, -0.2) is 8.42 Å². The molecule has 0 bridgehead atoms. The van der Waals surface area contributed by atoms with Crippen molar-refractivity contribution in [3.63, 3.8) is 0 Å². The third-order valence-electron chi connectivity index (χ3n) is 3.29. The number of amides is 1. The first-order valence-corrected chi connectivity index (χ1v) is 11.4. The normalized spacial score (nSPS) is 11.2. The number of hydrogen-bond donors (Lipinski definition) is 2. The van der Waals surface area contributed by atoms with Crippen molar-refractivity contribution < 1.29 is 13.2 Å². The van der Waals surface area contributed by atoms with E-state index in [-0.39, 0.29) is 5.91 Å². The number of nitrogens with one attached hydrogen (secondary N) is 2. The Morgan fingerprint density at radius 2 is 1.69 bits per heavy atom. The minimum atomic E-state index is -3.33. The Hall–Kier alpha value is -1.41. The fourth-order valence-electron chi connectivity index (χ4n) is 2.09. The molecule has 0 atom stereocenters. The lowest BCUT2D eigenvalue weighted by Gasteiger charge is -2.08. The van der Waals surface area contributed by atoms with E-state index < -0.39 is 10.0 Å². The minimum absolute atomic E-state index is 0.215. The number of anilines is 1. The molecule has 5 nitrogen and oxygen atoms in total. The highest BCUT2D eigenvalue weighted by molar-refractivity contribution is 7.98. The summed E-state index contributed by atoms with van der Waals surface area (Å²) in [4.78, 5) is 12.1. The zero-order chi connectivity index (χ0) is 19.2. The van der Waals surface area contributed by atoms with Gasteiger partial charge in [-0.05, 0) is 42.0 Å². The summed E-state index contributed by atoms with van der Waals surface area (Å²) in [6.07, 6.45) is 1.07. The molecule has 1 amide bonds. The molecule has 9 heteroatoms. The van der Waals surface area contributed by atoms with Crippen molar-refractivity contribution in [2.45, 2.75) is 5.75 Å². The van der Waals surface area contributed by atoms with Crippen molar-refractivity contribution in [3.05, 3.63) is 63.6 Å². The number of carbonyl (C=O) groups is 1. The molecule has 0 heterocycles. The van der Waals surface area contributed by atoms with Crippen LogP contribution in [0.2, 0.25) is 10.0 Å². The highest BCUT2D eigenvalue weighted by Crippen LogP contribution is 2.27. The van der Waals surface area contributed by atoms with Crippen LogP contribution >= 0.6 is 35.0 Å². The van der Waals surface area contributed by atoms with Crippen molar-refractivity contribution in [3.8, 4) is 0 Å². The van der Waals surface area contributed by atoms with E-state index in [9.17, 15) is 13.2 Å². The van der Waals surface area contributed by atoms with Gasteiger partial charge in [0.15, 0.2) is 0 Å². The van der Waals surface area contributed by atoms with Crippen LogP contribution < -0.4 is 10.0 Å². The average Bonchev–Trinajstić information content (AvgIpc) is 2.56. The second-order valence-electron chi connectivity index (χ2n) is 5.46. The maximum Gasteiger partial charge on any atom is 0.251 e. The third-order valence-corrected chi connectivity index (χ3v) is 5.59. The Kier molecular flexibility index (Phi) is 7.64. The monoisotopic (exact) mass is 432 g/mol. The minimum Gasteiger partial charge on any atom is -0.351 e. The van der Waals surface area contributed by atoms with E-state index in [0.717, 1.165) is 11.8 Å². The van der Waals surface area contributed by atoms with Crippen molar-refractivity contribution in [1.29, 1.82) is 0 Å². The first kappa shape index (κ1) is 20.9. The highest BCUT2D eigenvalue weighted by atomic mass is 35.5. The summed E-state index contributed by atoms with van der Waals surface area (Å²) in [5.41, 5.74) is 1.76. The molecule has 2 rings (SSSR count). The van der Waals surface area contributed by atoms with Crippen LogP contribution in [0.4, 0.5) is 5.69 Å². The van der Waals surface area contributed by atoms with Gasteiger partial charge < -0.3 is 5.32 Å². The third kappa shape index (κ3) is 6.72. The van der Waals surface area contributed by atoms with Crippen LogP contribution in [-0.2, 0) is 15.8 Å². The molecule has 0 aromatic heterocycles. The Morgan fingerprint density at radius 3 is 2.27 bits per heavy atom. The lowest BCUT2D eigenvalue weighted by Crippen LogP contribution is -2.25. The number of benzene rings is 2. The fourth-order valence-corrected chi connectivity index (χ4v) is 4.25. The van der Waals surface area contributed by atoms with Crippen LogP contribution in [0.1, 0.15) is 15.9 Å². The molecular formula is C17H18Cl2N2O3S2. The maximum absolute atomic E-state index is 12.1. The van der Waals surface area contributed by atoms with Crippen LogP contribution in [0.5, 0.6) is 0 Å². The summed E-state index contributed by atoms with van der Waals surface area (Å²) in [6, 6.07) is 11.6. The van der Waals surface area contributed by atoms with E-state index >= 15 is 0 Å². The predicted octanol–water partition coefficient (Wildman–Crippen LogP) is 4.03. The molecule has 0 aliphatic heterocycles. The molecule has 26 heavy (non-hydrogen) atoms. The second-order valence-corrected chi connectivity index (χ2v) is 9.13. The molecule has 0 aliphatic carbocycles. The zero-order valence-electron chi connectivity index (χ0n) is 14.0. The van der Waals surface area contributed by atoms with Crippen LogP contribution in [0.25, 0.3) is 0 Å². The Morgan fingerprint density at radius 1 is 1.08 bits per heavy atom. The molecule has 2 aromatic rings. The molecule has 0 saturated heterocycles. The fraction of sp³-hybridized carbons (Fsp3) is 0.235. The summed E-state index contributed by atoms with van der Waals surface area (Å²) in [5, 5.41) is 4.09. The smallest absolute Gasteiger partial charge is 0.251 e. The van der Waals surface area contributed by atoms with Crippen molar-refractivity contribution >= 4 is 56.6 Å². The van der Waals surface area contributed by atoms with Gasteiger partial charge in [0.05, 0.1) is 6.26 Å². The predicted molar refractivity (Wildman–Crippen MR) is 110 cm³/mol. The van der Waals surface area contributed by atoms with Gasteiger partial charge in [0.25, 0.3) is 5.91 Å². The van der Waals surface area contributed by atoms with Crippen molar-refractivity contribution in [2.24, 2.45) is 0 Å². The quantitative estimate of drug-likeness (QED) is 0.617. The van der Waals surface area contributed by atoms with Gasteiger partial charge in [-0.15, -0.1) is 0 Å². The molecule has 0 radical (unpaired) electrons. The molecule has 2 N–H and O–H groups in total. The van der Waals surface area contributed by atoms with Crippen LogP contribution in [0, 0.1) is 0 Å². The summed E-state index contributed by atoms with van der Waals surface area (Å²) < 4.78 is 24.7. The van der Waals surface area contributed by atoms with E-state index in [4.69, 9.17) is 23.2 Å². The summed E-state index contributed by atoms with van der Waals surface area (Å²) in [7, 11) is -3.33. The van der Waals surface area contributed by atoms with Gasteiger partial charge in [0.2, 0.25) is 10.0 Å². The molecule has 0 fully saturated rings. The first-order chi connectivity index (χ1) is 12.3. The van der Waals surface area contributed by atoms with Crippen molar-refractivity contribution in [1.82, 2.24) is 5.32 Å². The van der Waals surface area contributed by atoms with E-state index in [1.54, 1.807) is 54.2 Å². The van der Waals surface area contributed by atoms with Crippen LogP contribution in [-0.4, -0.2) is 32.9 Å². The number of hydrogen-bond acceptors (Lipinski definition) is 4. The first-order valence-electron chi connectivity index (χ1n) is 7.63. The zero-order valence-corrected chi connectivity index (χ0v) is 17.1. The van der Waals surface area contributed by atoms with E-state index in [2.05, 4.69) is 10.0 Å². The molecule has 140 valence electrons. The average molecular weight is 433 g/mol. The number of sulfonamides is 1. The van der Waals surface area contributed by atoms with Gasteiger partial charge in [-0.3, -0.25) is 9.52 Å². The van der Waals surface area contributed by atoms with Gasteiger partial charge >= 0.3 is 0 Å². The lowest BCUT2D eigenvalue weighted by atomic mass is 10.2. The van der Waals surface area contributed by atoms with Gasteiger partial charge in [0, 0.05) is 39.3 Å². The van der Waals surface area contributed by atoms with Crippen molar-refractivity contribution in [2.75, 3.05) is 23.3 Å². The molecular weight excluding hydrogens is 415 g/mol. The molecule has 0 unspecified atom stereocenters. The van der Waals surface area contributed by atoms with Crippen LogP contribution in [0.3, 0.4) is 0 Å². The topological polar surface area (TPSA) is 75.3 Å². The highest BCUT2D eigenvalue weighted by Gasteiger charge is 2.08. The molecule has 0 saturated carbocycles.